The van der Waals surface area contributed by atoms with E-state index in [0.29, 0.717) is 17.3 Å². The third-order valence-electron chi connectivity index (χ3n) is 3.22. The second-order valence-electron chi connectivity index (χ2n) is 5.30. The van der Waals surface area contributed by atoms with E-state index >= 15 is 0 Å². The zero-order valence-electron chi connectivity index (χ0n) is 9.96. The summed E-state index contributed by atoms with van der Waals surface area (Å²) in [4.78, 5) is 4.36. The fourth-order valence-electron chi connectivity index (χ4n) is 2.36. The molecule has 4 nitrogen and oxygen atoms in total. The molecule has 1 unspecified atom stereocenters. The Morgan fingerprint density at radius 3 is 2.75 bits per heavy atom. The molecule has 1 aliphatic carbocycles. The molecule has 0 spiro atoms. The van der Waals surface area contributed by atoms with E-state index in [4.69, 9.17) is 5.84 Å². The molecular weight excluding hydrogens is 200 g/mol. The molecule has 0 amide bonds. The molecule has 4 N–H and O–H groups in total. The lowest BCUT2D eigenvalue weighted by Crippen LogP contribution is -2.19. The maximum absolute atomic E-state index is 5.33. The Morgan fingerprint density at radius 1 is 1.38 bits per heavy atom. The molecule has 88 valence electrons. The number of nitrogens with two attached hydrogens (primary N) is 1. The normalized spacial score (nSPS) is 23.1. The highest BCUT2D eigenvalue weighted by atomic mass is 15.3. The van der Waals surface area contributed by atoms with Crippen LogP contribution in [0, 0.1) is 5.41 Å². The van der Waals surface area contributed by atoms with Gasteiger partial charge in [0.1, 0.15) is 11.6 Å². The Kier molecular flexibility index (Phi) is 3.01. The predicted octanol–water partition coefficient (Wildman–Crippen LogP) is 2.36. The summed E-state index contributed by atoms with van der Waals surface area (Å²) in [7, 11) is 0. The van der Waals surface area contributed by atoms with Gasteiger partial charge in [0.25, 0.3) is 0 Å². The van der Waals surface area contributed by atoms with Gasteiger partial charge in [0.05, 0.1) is 0 Å². The van der Waals surface area contributed by atoms with E-state index in [1.807, 2.05) is 18.2 Å². The third kappa shape index (κ3) is 2.64. The number of anilines is 2. The smallest absolute Gasteiger partial charge is 0.142 e. The summed E-state index contributed by atoms with van der Waals surface area (Å²) in [6.45, 7) is 4.64. The lowest BCUT2D eigenvalue weighted by Gasteiger charge is -2.18. The van der Waals surface area contributed by atoms with E-state index < -0.39 is 0 Å². The van der Waals surface area contributed by atoms with Crippen molar-refractivity contribution < 1.29 is 0 Å². The minimum Gasteiger partial charge on any atom is -0.367 e. The van der Waals surface area contributed by atoms with Crippen molar-refractivity contribution in [2.45, 2.75) is 39.2 Å². The summed E-state index contributed by atoms with van der Waals surface area (Å²) in [5.41, 5.74) is 3.02. The number of hydrogen-bond donors (Lipinski definition) is 3. The van der Waals surface area contributed by atoms with Gasteiger partial charge < -0.3 is 10.7 Å². The van der Waals surface area contributed by atoms with E-state index in [-0.39, 0.29) is 0 Å². The van der Waals surface area contributed by atoms with Gasteiger partial charge in [-0.15, -0.1) is 0 Å². The van der Waals surface area contributed by atoms with Crippen LogP contribution < -0.4 is 16.6 Å². The molecule has 1 aromatic rings. The van der Waals surface area contributed by atoms with Gasteiger partial charge in [-0.2, -0.15) is 0 Å². The molecule has 2 rings (SSSR count). The molecule has 4 heteroatoms. The summed E-state index contributed by atoms with van der Waals surface area (Å²) < 4.78 is 0. The third-order valence-corrected chi connectivity index (χ3v) is 3.22. The molecule has 16 heavy (non-hydrogen) atoms. The number of hydrogen-bond acceptors (Lipinski definition) is 4. The topological polar surface area (TPSA) is 63.0 Å². The van der Waals surface area contributed by atoms with Crippen LogP contribution in [0.3, 0.4) is 0 Å². The Labute approximate surface area is 96.6 Å². The van der Waals surface area contributed by atoms with Gasteiger partial charge >= 0.3 is 0 Å². The van der Waals surface area contributed by atoms with Gasteiger partial charge in [-0.25, -0.2) is 10.8 Å². The monoisotopic (exact) mass is 220 g/mol. The number of aromatic nitrogens is 1. The van der Waals surface area contributed by atoms with Crippen molar-refractivity contribution in [3.63, 3.8) is 0 Å². The molecule has 1 heterocycles. The number of rotatable bonds is 3. The maximum atomic E-state index is 5.33. The summed E-state index contributed by atoms with van der Waals surface area (Å²) >= 11 is 0. The summed E-state index contributed by atoms with van der Waals surface area (Å²) in [6.07, 6.45) is 3.70. The molecular formula is C12H20N4. The van der Waals surface area contributed by atoms with E-state index in [1.165, 1.54) is 19.3 Å². The van der Waals surface area contributed by atoms with Gasteiger partial charge in [-0.05, 0) is 36.8 Å². The van der Waals surface area contributed by atoms with Crippen molar-refractivity contribution in [3.05, 3.63) is 18.2 Å². The second kappa shape index (κ2) is 4.29. The Balaban J connectivity index is 1.99. The highest BCUT2D eigenvalue weighted by molar-refractivity contribution is 5.45. The molecule has 1 atom stereocenters. The van der Waals surface area contributed by atoms with Crippen LogP contribution in [0.5, 0.6) is 0 Å². The number of nitrogen functional groups attached to an aromatic ring is 1. The van der Waals surface area contributed by atoms with E-state index in [1.54, 1.807) is 0 Å². The van der Waals surface area contributed by atoms with E-state index in [0.717, 1.165) is 5.82 Å². The number of nitrogens with one attached hydrogen (secondary N) is 2. The molecule has 0 radical (unpaired) electrons. The largest absolute Gasteiger partial charge is 0.367 e. The van der Waals surface area contributed by atoms with Crippen molar-refractivity contribution in [2.24, 2.45) is 11.3 Å². The first kappa shape index (κ1) is 11.2. The van der Waals surface area contributed by atoms with Crippen LogP contribution in [0.15, 0.2) is 18.2 Å². The Morgan fingerprint density at radius 2 is 2.12 bits per heavy atom. The Bertz CT molecular complexity index is 362. The van der Waals surface area contributed by atoms with Crippen molar-refractivity contribution >= 4 is 11.6 Å². The Hall–Kier alpha value is -1.29. The summed E-state index contributed by atoms with van der Waals surface area (Å²) in [5.74, 6) is 6.93. The average molecular weight is 220 g/mol. The van der Waals surface area contributed by atoms with Crippen LogP contribution >= 0.6 is 0 Å². The highest BCUT2D eigenvalue weighted by Crippen LogP contribution is 2.38. The van der Waals surface area contributed by atoms with E-state index in [2.05, 4.69) is 29.6 Å². The fraction of sp³-hybridized carbons (Fsp3) is 0.583. The van der Waals surface area contributed by atoms with Crippen molar-refractivity contribution in [3.8, 4) is 0 Å². The lowest BCUT2D eigenvalue weighted by atomic mass is 9.92. The molecule has 0 bridgehead atoms. The van der Waals surface area contributed by atoms with Crippen LogP contribution in [0.1, 0.15) is 33.1 Å². The number of nitrogens with zero attached hydrogens (tertiary/aromatic N) is 1. The SMILES string of the molecule is CC1(C)CCC(Nc2cccc(NN)n2)C1. The lowest BCUT2D eigenvalue weighted by molar-refractivity contribution is 0.378. The van der Waals surface area contributed by atoms with Crippen LogP contribution in [0.25, 0.3) is 0 Å². The molecule has 1 aromatic heterocycles. The number of pyridine rings is 1. The first-order valence-corrected chi connectivity index (χ1v) is 5.79. The van der Waals surface area contributed by atoms with Gasteiger partial charge in [-0.1, -0.05) is 19.9 Å². The van der Waals surface area contributed by atoms with Crippen LogP contribution in [-0.4, -0.2) is 11.0 Å². The molecule has 1 saturated carbocycles. The van der Waals surface area contributed by atoms with Crippen LogP contribution in [0.2, 0.25) is 0 Å². The number of hydrazine groups is 1. The highest BCUT2D eigenvalue weighted by Gasteiger charge is 2.30. The molecule has 0 saturated heterocycles. The zero-order valence-corrected chi connectivity index (χ0v) is 9.96. The van der Waals surface area contributed by atoms with Gasteiger partial charge in [0, 0.05) is 6.04 Å². The minimum atomic E-state index is 0.460. The summed E-state index contributed by atoms with van der Waals surface area (Å²) in [5, 5.41) is 3.46. The quantitative estimate of drug-likeness (QED) is 0.540. The first-order chi connectivity index (χ1) is 7.59. The predicted molar refractivity (Wildman–Crippen MR) is 67.1 cm³/mol. The van der Waals surface area contributed by atoms with Gasteiger partial charge in [0.2, 0.25) is 0 Å². The fourth-order valence-corrected chi connectivity index (χ4v) is 2.36. The van der Waals surface area contributed by atoms with E-state index in [9.17, 15) is 0 Å². The molecule has 1 fully saturated rings. The summed E-state index contributed by atoms with van der Waals surface area (Å²) in [6, 6.07) is 6.32. The average Bonchev–Trinajstić information content (AvgIpc) is 2.58. The van der Waals surface area contributed by atoms with Gasteiger partial charge in [-0.3, -0.25) is 0 Å². The molecule has 1 aliphatic rings. The van der Waals surface area contributed by atoms with Crippen molar-refractivity contribution in [1.82, 2.24) is 4.98 Å². The van der Waals surface area contributed by atoms with Crippen LogP contribution in [-0.2, 0) is 0 Å². The van der Waals surface area contributed by atoms with Gasteiger partial charge in [0.15, 0.2) is 0 Å². The van der Waals surface area contributed by atoms with Crippen molar-refractivity contribution in [2.75, 3.05) is 10.7 Å². The first-order valence-electron chi connectivity index (χ1n) is 5.79. The standard InChI is InChI=1S/C12H20N4/c1-12(2)7-6-9(8-12)14-10-4-3-5-11(15-10)16-13/h3-5,9H,6-8,13H2,1-2H3,(H2,14,15,16). The van der Waals surface area contributed by atoms with Crippen molar-refractivity contribution in [1.29, 1.82) is 0 Å². The second-order valence-corrected chi connectivity index (χ2v) is 5.30. The maximum Gasteiger partial charge on any atom is 0.142 e. The minimum absolute atomic E-state index is 0.460. The molecule has 0 aliphatic heterocycles. The molecule has 0 aromatic carbocycles. The van der Waals surface area contributed by atoms with Crippen LogP contribution in [0.4, 0.5) is 11.6 Å². The zero-order chi connectivity index (χ0) is 11.6.